The van der Waals surface area contributed by atoms with Crippen LogP contribution in [0.25, 0.3) is 10.9 Å². The van der Waals surface area contributed by atoms with Crippen molar-refractivity contribution in [3.8, 4) is 11.5 Å². The Kier molecular flexibility index (Phi) is 7.83. The van der Waals surface area contributed by atoms with Crippen LogP contribution >= 0.6 is 0 Å². The highest BCUT2D eigenvalue weighted by Crippen LogP contribution is 2.31. The van der Waals surface area contributed by atoms with E-state index in [1.165, 1.54) is 6.42 Å². The third-order valence-corrected chi connectivity index (χ3v) is 8.23. The summed E-state index contributed by atoms with van der Waals surface area (Å²) in [7, 11) is -3.58. The molecule has 1 aliphatic rings. The number of aromatic nitrogens is 1. The summed E-state index contributed by atoms with van der Waals surface area (Å²) in [5, 5.41) is -0.107. The van der Waals surface area contributed by atoms with Crippen molar-refractivity contribution < 1.29 is 22.7 Å². The van der Waals surface area contributed by atoms with Gasteiger partial charge in [-0.2, -0.15) is 0 Å². The second-order valence-corrected chi connectivity index (χ2v) is 11.0. The second-order valence-electron chi connectivity index (χ2n) is 8.74. The van der Waals surface area contributed by atoms with Gasteiger partial charge in [-0.25, -0.2) is 13.4 Å². The van der Waals surface area contributed by atoms with Crippen LogP contribution < -0.4 is 9.47 Å². The number of nitrogens with zero attached hydrogens (tertiary/aromatic N) is 1. The fraction of sp³-hybridized carbons (Fsp3) is 0.407. The van der Waals surface area contributed by atoms with Gasteiger partial charge in [0.25, 0.3) is 0 Å². The Morgan fingerprint density at radius 2 is 1.79 bits per heavy atom. The molecule has 0 amide bonds. The Morgan fingerprint density at radius 3 is 2.65 bits per heavy atom. The minimum absolute atomic E-state index is 0.0120. The molecule has 0 radical (unpaired) electrons. The van der Waals surface area contributed by atoms with Gasteiger partial charge in [-0.3, -0.25) is 4.79 Å². The van der Waals surface area contributed by atoms with Gasteiger partial charge in [0, 0.05) is 5.39 Å². The van der Waals surface area contributed by atoms with Crippen LogP contribution in [-0.4, -0.2) is 36.8 Å². The number of unbranched alkanes of at least 4 members (excludes halogenated alkanes) is 5. The van der Waals surface area contributed by atoms with Gasteiger partial charge in [-0.15, -0.1) is 0 Å². The summed E-state index contributed by atoms with van der Waals surface area (Å²) < 4.78 is 37.2. The largest absolute Gasteiger partial charge is 0.491 e. The van der Waals surface area contributed by atoms with Crippen LogP contribution in [-0.2, 0) is 16.4 Å². The molecule has 0 saturated carbocycles. The number of fused-ring (bicyclic) bond motifs is 2. The molecule has 34 heavy (non-hydrogen) atoms. The third-order valence-electron chi connectivity index (χ3n) is 6.16. The maximum absolute atomic E-state index is 13.1. The molecule has 7 heteroatoms. The van der Waals surface area contributed by atoms with E-state index in [0.29, 0.717) is 17.9 Å². The molecule has 0 bridgehead atoms. The van der Waals surface area contributed by atoms with Gasteiger partial charge in [0.1, 0.15) is 24.7 Å². The third kappa shape index (κ3) is 5.76. The number of carbonyl (C=O) groups excluding carboxylic acids is 1. The average Bonchev–Trinajstić information content (AvgIpc) is 2.85. The molecule has 2 heterocycles. The number of rotatable bonds is 11. The highest BCUT2D eigenvalue weighted by Gasteiger charge is 2.38. The van der Waals surface area contributed by atoms with E-state index in [-0.39, 0.29) is 24.5 Å². The molecule has 1 aromatic heterocycles. The Labute approximate surface area is 201 Å². The normalized spacial score (nSPS) is 15.7. The van der Waals surface area contributed by atoms with Crippen molar-refractivity contribution in [3.63, 3.8) is 0 Å². The molecule has 180 valence electrons. The maximum atomic E-state index is 13.1. The summed E-state index contributed by atoms with van der Waals surface area (Å²) in [5.74, 6) is 0.464. The van der Waals surface area contributed by atoms with Crippen molar-refractivity contribution in [2.45, 2.75) is 57.3 Å². The number of pyridine rings is 1. The number of sulfone groups is 1. The predicted molar refractivity (Wildman–Crippen MR) is 133 cm³/mol. The van der Waals surface area contributed by atoms with Crippen LogP contribution in [0.5, 0.6) is 11.5 Å². The monoisotopic (exact) mass is 481 g/mol. The average molecular weight is 482 g/mol. The van der Waals surface area contributed by atoms with Crippen LogP contribution in [0, 0.1) is 0 Å². The molecule has 0 saturated heterocycles. The Hall–Kier alpha value is -2.93. The van der Waals surface area contributed by atoms with Crippen molar-refractivity contribution in [2.75, 3.05) is 12.4 Å². The number of hydrogen-bond acceptors (Lipinski definition) is 6. The Bertz CT molecular complexity index is 1250. The number of carbonyl (C=O) groups is 1. The SMILES string of the molecule is CCCCCCCCS(=O)(=O)C1COc2ccc(OCc3ccc4ccccc4n3)cc2C1=O. The van der Waals surface area contributed by atoms with Gasteiger partial charge < -0.3 is 9.47 Å². The van der Waals surface area contributed by atoms with Crippen molar-refractivity contribution in [2.24, 2.45) is 0 Å². The molecule has 1 unspecified atom stereocenters. The fourth-order valence-corrected chi connectivity index (χ4v) is 5.79. The lowest BCUT2D eigenvalue weighted by molar-refractivity contribution is 0.0938. The summed E-state index contributed by atoms with van der Waals surface area (Å²) in [6, 6.07) is 16.7. The minimum atomic E-state index is -3.58. The molecular weight excluding hydrogens is 450 g/mol. The molecule has 4 rings (SSSR count). The summed E-state index contributed by atoms with van der Waals surface area (Å²) in [6.45, 7) is 2.25. The molecule has 1 aliphatic heterocycles. The summed E-state index contributed by atoms with van der Waals surface area (Å²) in [6.07, 6.45) is 5.89. The van der Waals surface area contributed by atoms with Crippen LogP contribution in [0.2, 0.25) is 0 Å². The standard InChI is InChI=1S/C27H31NO5S/c1-2-3-4-5-6-9-16-34(30,31)26-19-33-25-15-14-22(17-23(25)27(26)29)32-18-21-13-12-20-10-7-8-11-24(20)28-21/h7-8,10-15,17,26H,2-6,9,16,18-19H2,1H3. The van der Waals surface area contributed by atoms with E-state index in [9.17, 15) is 13.2 Å². The molecule has 1 atom stereocenters. The van der Waals surface area contributed by atoms with Gasteiger partial charge in [-0.1, -0.05) is 63.3 Å². The van der Waals surface area contributed by atoms with Crippen LogP contribution in [0.4, 0.5) is 0 Å². The van der Waals surface area contributed by atoms with E-state index in [0.717, 1.165) is 42.3 Å². The van der Waals surface area contributed by atoms with Gasteiger partial charge in [0.15, 0.2) is 20.9 Å². The zero-order chi connectivity index (χ0) is 24.0. The van der Waals surface area contributed by atoms with Gasteiger partial charge in [0.05, 0.1) is 22.5 Å². The predicted octanol–water partition coefficient (Wildman–Crippen LogP) is 5.53. The quantitative estimate of drug-likeness (QED) is 0.335. The molecule has 0 fully saturated rings. The van der Waals surface area contributed by atoms with Gasteiger partial charge in [-0.05, 0) is 36.8 Å². The highest BCUT2D eigenvalue weighted by atomic mass is 32.2. The fourth-order valence-electron chi connectivity index (χ4n) is 4.17. The van der Waals surface area contributed by atoms with Crippen molar-refractivity contribution >= 4 is 26.5 Å². The second kappa shape index (κ2) is 11.0. The first kappa shape index (κ1) is 24.2. The lowest BCUT2D eigenvalue weighted by Crippen LogP contribution is -2.40. The van der Waals surface area contributed by atoms with Gasteiger partial charge >= 0.3 is 0 Å². The molecule has 0 aliphatic carbocycles. The zero-order valence-corrected chi connectivity index (χ0v) is 20.4. The molecule has 0 N–H and O–H groups in total. The smallest absolute Gasteiger partial charge is 0.188 e. The van der Waals surface area contributed by atoms with Crippen molar-refractivity contribution in [1.29, 1.82) is 0 Å². The van der Waals surface area contributed by atoms with Crippen LogP contribution in [0.15, 0.2) is 54.6 Å². The van der Waals surface area contributed by atoms with Crippen molar-refractivity contribution in [1.82, 2.24) is 4.98 Å². The highest BCUT2D eigenvalue weighted by molar-refractivity contribution is 7.92. The number of Topliss-reactive ketones (excluding diaryl/α,β-unsaturated/α-hetero) is 1. The van der Waals surface area contributed by atoms with Crippen LogP contribution in [0.1, 0.15) is 61.5 Å². The molecular formula is C27H31NO5S. The van der Waals surface area contributed by atoms with E-state index in [1.807, 2.05) is 36.4 Å². The van der Waals surface area contributed by atoms with E-state index < -0.39 is 20.9 Å². The number of hydrogen-bond donors (Lipinski definition) is 0. The molecule has 2 aromatic carbocycles. The summed E-state index contributed by atoms with van der Waals surface area (Å²) in [4.78, 5) is 17.7. The van der Waals surface area contributed by atoms with E-state index >= 15 is 0 Å². The van der Waals surface area contributed by atoms with E-state index in [4.69, 9.17) is 9.47 Å². The summed E-state index contributed by atoms with van der Waals surface area (Å²) in [5.41, 5.74) is 1.90. The van der Waals surface area contributed by atoms with Crippen molar-refractivity contribution in [3.05, 3.63) is 65.9 Å². The topological polar surface area (TPSA) is 82.6 Å². The van der Waals surface area contributed by atoms with Gasteiger partial charge in [0.2, 0.25) is 0 Å². The number of ether oxygens (including phenoxy) is 2. The zero-order valence-electron chi connectivity index (χ0n) is 19.5. The number of benzene rings is 2. The maximum Gasteiger partial charge on any atom is 0.188 e. The molecule has 0 spiro atoms. The molecule has 6 nitrogen and oxygen atoms in total. The Morgan fingerprint density at radius 1 is 1.00 bits per heavy atom. The minimum Gasteiger partial charge on any atom is -0.491 e. The first-order chi connectivity index (χ1) is 16.5. The lowest BCUT2D eigenvalue weighted by atomic mass is 10.0. The van der Waals surface area contributed by atoms with E-state index in [1.54, 1.807) is 18.2 Å². The Balaban J connectivity index is 1.40. The number of para-hydroxylation sites is 1. The lowest BCUT2D eigenvalue weighted by Gasteiger charge is -2.24. The van der Waals surface area contributed by atoms with Crippen LogP contribution in [0.3, 0.4) is 0 Å². The summed E-state index contributed by atoms with van der Waals surface area (Å²) >= 11 is 0. The number of ketones is 1. The first-order valence-electron chi connectivity index (χ1n) is 12.0. The first-order valence-corrected chi connectivity index (χ1v) is 13.7. The van der Waals surface area contributed by atoms with E-state index in [2.05, 4.69) is 11.9 Å². The molecule has 3 aromatic rings.